The first kappa shape index (κ1) is 12.9. The highest BCUT2D eigenvalue weighted by molar-refractivity contribution is 5.99. The van der Waals surface area contributed by atoms with Crippen LogP contribution in [0.3, 0.4) is 0 Å². The number of anilines is 1. The molecule has 0 bridgehead atoms. The maximum Gasteiger partial charge on any atom is 0.253 e. The molecule has 0 unspecified atom stereocenters. The molecule has 0 aliphatic carbocycles. The SMILES string of the molecule is Cc1cccc(C(=O)NCC2CCOCC2)c1N. The quantitative estimate of drug-likeness (QED) is 0.801. The second-order valence-corrected chi connectivity index (χ2v) is 4.80. The molecule has 0 spiro atoms. The summed E-state index contributed by atoms with van der Waals surface area (Å²) in [6.07, 6.45) is 2.03. The molecule has 4 nitrogen and oxygen atoms in total. The summed E-state index contributed by atoms with van der Waals surface area (Å²) in [7, 11) is 0. The van der Waals surface area contributed by atoms with Gasteiger partial charge in [0.2, 0.25) is 0 Å². The fourth-order valence-electron chi connectivity index (χ4n) is 2.16. The molecule has 1 aliphatic rings. The van der Waals surface area contributed by atoms with E-state index in [0.29, 0.717) is 23.7 Å². The van der Waals surface area contributed by atoms with Crippen LogP contribution in [-0.2, 0) is 4.74 Å². The van der Waals surface area contributed by atoms with Crippen molar-refractivity contribution in [3.63, 3.8) is 0 Å². The molecule has 2 rings (SSSR count). The fraction of sp³-hybridized carbons (Fsp3) is 0.500. The van der Waals surface area contributed by atoms with E-state index in [4.69, 9.17) is 10.5 Å². The number of nitrogens with one attached hydrogen (secondary N) is 1. The van der Waals surface area contributed by atoms with E-state index in [1.165, 1.54) is 0 Å². The van der Waals surface area contributed by atoms with Gasteiger partial charge in [0.15, 0.2) is 0 Å². The molecule has 1 aromatic rings. The molecule has 1 fully saturated rings. The number of amides is 1. The Morgan fingerprint density at radius 2 is 2.17 bits per heavy atom. The Bertz CT molecular complexity index is 426. The van der Waals surface area contributed by atoms with Gasteiger partial charge in [-0.3, -0.25) is 4.79 Å². The first-order valence-corrected chi connectivity index (χ1v) is 6.39. The maximum absolute atomic E-state index is 12.0. The van der Waals surface area contributed by atoms with Crippen molar-refractivity contribution in [1.29, 1.82) is 0 Å². The predicted octanol–water partition coefficient (Wildman–Crippen LogP) is 1.73. The molecule has 1 aliphatic heterocycles. The summed E-state index contributed by atoms with van der Waals surface area (Å²) >= 11 is 0. The molecule has 1 saturated heterocycles. The van der Waals surface area contributed by atoms with Crippen LogP contribution in [0.25, 0.3) is 0 Å². The Hall–Kier alpha value is -1.55. The van der Waals surface area contributed by atoms with Crippen LogP contribution in [0.4, 0.5) is 5.69 Å². The van der Waals surface area contributed by atoms with Crippen molar-refractivity contribution in [3.8, 4) is 0 Å². The normalized spacial score (nSPS) is 16.5. The average Bonchev–Trinajstić information content (AvgIpc) is 2.40. The maximum atomic E-state index is 12.0. The minimum absolute atomic E-state index is 0.0808. The molecule has 3 N–H and O–H groups in total. The molecule has 0 radical (unpaired) electrons. The third-order valence-corrected chi connectivity index (χ3v) is 3.46. The van der Waals surface area contributed by atoms with Crippen molar-refractivity contribution in [2.75, 3.05) is 25.5 Å². The first-order chi connectivity index (χ1) is 8.68. The fourth-order valence-corrected chi connectivity index (χ4v) is 2.16. The van der Waals surface area contributed by atoms with E-state index in [1.54, 1.807) is 6.07 Å². The highest BCUT2D eigenvalue weighted by atomic mass is 16.5. The minimum atomic E-state index is -0.0808. The van der Waals surface area contributed by atoms with Gasteiger partial charge in [-0.2, -0.15) is 0 Å². The number of aryl methyl sites for hydroxylation is 1. The Morgan fingerprint density at radius 3 is 2.89 bits per heavy atom. The molecule has 18 heavy (non-hydrogen) atoms. The zero-order valence-corrected chi connectivity index (χ0v) is 10.7. The zero-order valence-electron chi connectivity index (χ0n) is 10.7. The van der Waals surface area contributed by atoms with E-state index in [2.05, 4.69) is 5.32 Å². The van der Waals surface area contributed by atoms with E-state index < -0.39 is 0 Å². The van der Waals surface area contributed by atoms with E-state index in [9.17, 15) is 4.79 Å². The van der Waals surface area contributed by atoms with Gasteiger partial charge in [0.25, 0.3) is 5.91 Å². The van der Waals surface area contributed by atoms with Gasteiger partial charge in [-0.25, -0.2) is 0 Å². The second-order valence-electron chi connectivity index (χ2n) is 4.80. The largest absolute Gasteiger partial charge is 0.398 e. The number of para-hydroxylation sites is 1. The van der Waals surface area contributed by atoms with Crippen LogP contribution >= 0.6 is 0 Å². The Balaban J connectivity index is 1.93. The highest BCUT2D eigenvalue weighted by Gasteiger charge is 2.16. The Kier molecular flexibility index (Phi) is 4.20. The van der Waals surface area contributed by atoms with Gasteiger partial charge >= 0.3 is 0 Å². The standard InChI is InChI=1S/C14H20N2O2/c1-10-3-2-4-12(13(10)15)14(17)16-9-11-5-7-18-8-6-11/h2-4,11H,5-9,15H2,1H3,(H,16,17). The number of benzene rings is 1. The summed E-state index contributed by atoms with van der Waals surface area (Å²) in [5, 5.41) is 2.96. The topological polar surface area (TPSA) is 64.3 Å². The lowest BCUT2D eigenvalue weighted by Crippen LogP contribution is -2.32. The van der Waals surface area contributed by atoms with E-state index in [-0.39, 0.29) is 5.91 Å². The number of hydrogen-bond acceptors (Lipinski definition) is 3. The summed E-state index contributed by atoms with van der Waals surface area (Å²) in [6, 6.07) is 5.53. The Labute approximate surface area is 108 Å². The number of nitrogen functional groups attached to an aromatic ring is 1. The average molecular weight is 248 g/mol. The van der Waals surface area contributed by atoms with Crippen LogP contribution in [-0.4, -0.2) is 25.7 Å². The van der Waals surface area contributed by atoms with Crippen molar-refractivity contribution in [2.24, 2.45) is 5.92 Å². The van der Waals surface area contributed by atoms with Gasteiger partial charge < -0.3 is 15.8 Å². The van der Waals surface area contributed by atoms with Crippen molar-refractivity contribution < 1.29 is 9.53 Å². The van der Waals surface area contributed by atoms with Crippen LogP contribution in [0.15, 0.2) is 18.2 Å². The summed E-state index contributed by atoms with van der Waals surface area (Å²) in [5.74, 6) is 0.441. The van der Waals surface area contributed by atoms with Crippen molar-refractivity contribution in [1.82, 2.24) is 5.32 Å². The molecule has 0 atom stereocenters. The van der Waals surface area contributed by atoms with Crippen molar-refractivity contribution in [3.05, 3.63) is 29.3 Å². The Morgan fingerprint density at radius 1 is 1.44 bits per heavy atom. The third-order valence-electron chi connectivity index (χ3n) is 3.46. The van der Waals surface area contributed by atoms with E-state index in [1.807, 2.05) is 19.1 Å². The molecule has 1 heterocycles. The van der Waals surface area contributed by atoms with Gasteiger partial charge in [0.05, 0.1) is 5.56 Å². The molecular formula is C14H20N2O2. The second kappa shape index (κ2) is 5.87. The van der Waals surface area contributed by atoms with E-state index in [0.717, 1.165) is 31.6 Å². The van der Waals surface area contributed by atoms with Crippen molar-refractivity contribution in [2.45, 2.75) is 19.8 Å². The van der Waals surface area contributed by atoms with Gasteiger partial charge in [-0.1, -0.05) is 12.1 Å². The summed E-state index contributed by atoms with van der Waals surface area (Å²) in [4.78, 5) is 12.0. The summed E-state index contributed by atoms with van der Waals surface area (Å²) in [6.45, 7) is 4.21. The predicted molar refractivity (Wildman–Crippen MR) is 71.5 cm³/mol. The number of carbonyl (C=O) groups is 1. The first-order valence-electron chi connectivity index (χ1n) is 6.39. The molecule has 1 amide bonds. The van der Waals surface area contributed by atoms with Crippen LogP contribution in [0.5, 0.6) is 0 Å². The zero-order chi connectivity index (χ0) is 13.0. The van der Waals surface area contributed by atoms with Crippen LogP contribution < -0.4 is 11.1 Å². The number of carbonyl (C=O) groups excluding carboxylic acids is 1. The van der Waals surface area contributed by atoms with Gasteiger partial charge in [0.1, 0.15) is 0 Å². The minimum Gasteiger partial charge on any atom is -0.398 e. The molecule has 1 aromatic carbocycles. The summed E-state index contributed by atoms with van der Waals surface area (Å²) < 4.78 is 5.29. The van der Waals surface area contributed by atoms with Crippen molar-refractivity contribution >= 4 is 11.6 Å². The monoisotopic (exact) mass is 248 g/mol. The van der Waals surface area contributed by atoms with Gasteiger partial charge in [-0.05, 0) is 37.3 Å². The number of nitrogens with two attached hydrogens (primary N) is 1. The molecule has 0 aromatic heterocycles. The lowest BCUT2D eigenvalue weighted by Gasteiger charge is -2.22. The lowest BCUT2D eigenvalue weighted by molar-refractivity contribution is 0.0643. The number of rotatable bonds is 3. The molecule has 98 valence electrons. The molecule has 4 heteroatoms. The van der Waals surface area contributed by atoms with Gasteiger partial charge in [-0.15, -0.1) is 0 Å². The van der Waals surface area contributed by atoms with Crippen LogP contribution in [0, 0.1) is 12.8 Å². The third kappa shape index (κ3) is 3.01. The summed E-state index contributed by atoms with van der Waals surface area (Å²) in [5.41, 5.74) is 7.99. The number of hydrogen-bond donors (Lipinski definition) is 2. The molecule has 0 saturated carbocycles. The number of ether oxygens (including phenoxy) is 1. The smallest absolute Gasteiger partial charge is 0.253 e. The molecular weight excluding hydrogens is 228 g/mol. The van der Waals surface area contributed by atoms with Crippen LogP contribution in [0.2, 0.25) is 0 Å². The highest BCUT2D eigenvalue weighted by Crippen LogP contribution is 2.17. The van der Waals surface area contributed by atoms with E-state index >= 15 is 0 Å². The van der Waals surface area contributed by atoms with Gasteiger partial charge in [0, 0.05) is 25.4 Å². The van der Waals surface area contributed by atoms with Crippen LogP contribution in [0.1, 0.15) is 28.8 Å². The lowest BCUT2D eigenvalue weighted by atomic mass is 10.00.